The number of thioether (sulfide) groups is 1. The highest BCUT2D eigenvalue weighted by Crippen LogP contribution is 2.24. The van der Waals surface area contributed by atoms with Gasteiger partial charge < -0.3 is 4.74 Å². The number of esters is 1. The van der Waals surface area contributed by atoms with Gasteiger partial charge in [0.25, 0.3) is 0 Å². The SMILES string of the molecule is O=C1CC(SCN2CCCCC2)CCO1. The Morgan fingerprint density at radius 1 is 1.33 bits per heavy atom. The molecule has 0 aromatic heterocycles. The molecule has 0 spiro atoms. The molecular weight excluding hydrogens is 210 g/mol. The standard InChI is InChI=1S/C11H19NO2S/c13-11-8-10(4-7-14-11)15-9-12-5-2-1-3-6-12/h10H,1-9H2. The minimum atomic E-state index is -0.0163. The van der Waals surface area contributed by atoms with Crippen LogP contribution in [0, 0.1) is 0 Å². The van der Waals surface area contributed by atoms with Crippen molar-refractivity contribution in [2.24, 2.45) is 0 Å². The molecule has 0 aromatic rings. The average molecular weight is 229 g/mol. The van der Waals surface area contributed by atoms with E-state index < -0.39 is 0 Å². The summed E-state index contributed by atoms with van der Waals surface area (Å²) >= 11 is 1.93. The van der Waals surface area contributed by atoms with Crippen molar-refractivity contribution in [1.82, 2.24) is 4.90 Å². The number of rotatable bonds is 3. The summed E-state index contributed by atoms with van der Waals surface area (Å²) in [7, 11) is 0. The number of hydrogen-bond donors (Lipinski definition) is 0. The normalized spacial score (nSPS) is 28.8. The molecule has 0 N–H and O–H groups in total. The van der Waals surface area contributed by atoms with Crippen LogP contribution < -0.4 is 0 Å². The molecule has 2 saturated heterocycles. The van der Waals surface area contributed by atoms with E-state index in [4.69, 9.17) is 4.74 Å². The van der Waals surface area contributed by atoms with E-state index in [2.05, 4.69) is 4.90 Å². The van der Waals surface area contributed by atoms with E-state index in [0.29, 0.717) is 18.3 Å². The van der Waals surface area contributed by atoms with Crippen molar-refractivity contribution in [1.29, 1.82) is 0 Å². The number of cyclic esters (lactones) is 1. The van der Waals surface area contributed by atoms with Crippen molar-refractivity contribution in [3.8, 4) is 0 Å². The summed E-state index contributed by atoms with van der Waals surface area (Å²) in [5.74, 6) is 1.08. The molecular formula is C11H19NO2S. The molecule has 0 bridgehead atoms. The van der Waals surface area contributed by atoms with Gasteiger partial charge >= 0.3 is 5.97 Å². The quantitative estimate of drug-likeness (QED) is 0.691. The largest absolute Gasteiger partial charge is 0.466 e. The predicted octanol–water partition coefficient (Wildman–Crippen LogP) is 1.87. The van der Waals surface area contributed by atoms with Crippen LogP contribution in [0.4, 0.5) is 0 Å². The zero-order valence-corrected chi connectivity index (χ0v) is 9.93. The maximum atomic E-state index is 11.1. The second-order valence-corrected chi connectivity index (χ2v) is 5.57. The van der Waals surface area contributed by atoms with Gasteiger partial charge in [0, 0.05) is 11.1 Å². The van der Waals surface area contributed by atoms with Crippen LogP contribution in [-0.4, -0.2) is 41.7 Å². The highest BCUT2D eigenvalue weighted by atomic mass is 32.2. The van der Waals surface area contributed by atoms with E-state index in [-0.39, 0.29) is 5.97 Å². The predicted molar refractivity (Wildman–Crippen MR) is 61.9 cm³/mol. The van der Waals surface area contributed by atoms with E-state index in [1.807, 2.05) is 11.8 Å². The zero-order valence-electron chi connectivity index (χ0n) is 9.11. The molecule has 0 aromatic carbocycles. The van der Waals surface area contributed by atoms with Gasteiger partial charge in [0.05, 0.1) is 13.0 Å². The maximum Gasteiger partial charge on any atom is 0.306 e. The Bertz CT molecular complexity index is 217. The van der Waals surface area contributed by atoms with Crippen molar-refractivity contribution >= 4 is 17.7 Å². The Kier molecular flexibility index (Phi) is 4.32. The summed E-state index contributed by atoms with van der Waals surface area (Å²) in [6.45, 7) is 3.10. The van der Waals surface area contributed by atoms with E-state index in [9.17, 15) is 4.79 Å². The van der Waals surface area contributed by atoms with Crippen LogP contribution in [0.3, 0.4) is 0 Å². The van der Waals surface area contributed by atoms with Gasteiger partial charge in [-0.05, 0) is 32.4 Å². The lowest BCUT2D eigenvalue weighted by atomic mass is 10.1. The summed E-state index contributed by atoms with van der Waals surface area (Å²) in [5, 5.41) is 0.494. The molecule has 3 nitrogen and oxygen atoms in total. The van der Waals surface area contributed by atoms with E-state index in [1.165, 1.54) is 32.4 Å². The van der Waals surface area contributed by atoms with E-state index in [0.717, 1.165) is 12.3 Å². The van der Waals surface area contributed by atoms with Crippen LogP contribution in [-0.2, 0) is 9.53 Å². The number of carbonyl (C=O) groups excluding carboxylic acids is 1. The van der Waals surface area contributed by atoms with Crippen molar-refractivity contribution in [3.63, 3.8) is 0 Å². The minimum Gasteiger partial charge on any atom is -0.466 e. The van der Waals surface area contributed by atoms with Crippen molar-refractivity contribution < 1.29 is 9.53 Å². The Labute approximate surface area is 95.5 Å². The van der Waals surface area contributed by atoms with Gasteiger partial charge in [-0.1, -0.05) is 6.42 Å². The summed E-state index contributed by atoms with van der Waals surface area (Å²) in [5.41, 5.74) is 0. The van der Waals surface area contributed by atoms with Crippen LogP contribution in [0.5, 0.6) is 0 Å². The summed E-state index contributed by atoms with van der Waals surface area (Å²) < 4.78 is 4.93. The highest BCUT2D eigenvalue weighted by Gasteiger charge is 2.22. The highest BCUT2D eigenvalue weighted by molar-refractivity contribution is 7.99. The fraction of sp³-hybridized carbons (Fsp3) is 0.909. The molecule has 2 aliphatic heterocycles. The van der Waals surface area contributed by atoms with Gasteiger partial charge in [-0.2, -0.15) is 0 Å². The first-order chi connectivity index (χ1) is 7.34. The molecule has 2 aliphatic rings. The third-order valence-corrected chi connectivity index (χ3v) is 4.43. The number of piperidine rings is 1. The van der Waals surface area contributed by atoms with Crippen LogP contribution in [0.1, 0.15) is 32.1 Å². The maximum absolute atomic E-state index is 11.1. The van der Waals surface area contributed by atoms with Gasteiger partial charge in [-0.25, -0.2) is 0 Å². The third-order valence-electron chi connectivity index (χ3n) is 3.04. The van der Waals surface area contributed by atoms with Crippen LogP contribution in [0.15, 0.2) is 0 Å². The number of hydrogen-bond acceptors (Lipinski definition) is 4. The average Bonchev–Trinajstić information content (AvgIpc) is 2.28. The van der Waals surface area contributed by atoms with Crippen LogP contribution in [0.2, 0.25) is 0 Å². The molecule has 0 radical (unpaired) electrons. The summed E-state index contributed by atoms with van der Waals surface area (Å²) in [6.07, 6.45) is 5.71. The van der Waals surface area contributed by atoms with E-state index in [1.54, 1.807) is 0 Å². The lowest BCUT2D eigenvalue weighted by molar-refractivity contribution is -0.146. The molecule has 0 amide bonds. The topological polar surface area (TPSA) is 29.5 Å². The summed E-state index contributed by atoms with van der Waals surface area (Å²) in [6, 6.07) is 0. The van der Waals surface area contributed by atoms with Crippen molar-refractivity contribution in [2.75, 3.05) is 25.6 Å². The number of ether oxygens (including phenoxy) is 1. The fourth-order valence-corrected chi connectivity index (χ4v) is 3.29. The first kappa shape index (κ1) is 11.3. The molecule has 1 unspecified atom stereocenters. The van der Waals surface area contributed by atoms with Crippen molar-refractivity contribution in [2.45, 2.75) is 37.4 Å². The Morgan fingerprint density at radius 3 is 2.87 bits per heavy atom. The molecule has 2 fully saturated rings. The van der Waals surface area contributed by atoms with Gasteiger partial charge in [0.1, 0.15) is 0 Å². The van der Waals surface area contributed by atoms with Crippen molar-refractivity contribution in [3.05, 3.63) is 0 Å². The molecule has 0 saturated carbocycles. The van der Waals surface area contributed by atoms with E-state index >= 15 is 0 Å². The fourth-order valence-electron chi connectivity index (χ4n) is 2.09. The molecule has 15 heavy (non-hydrogen) atoms. The molecule has 4 heteroatoms. The molecule has 2 heterocycles. The van der Waals surface area contributed by atoms with Crippen LogP contribution in [0.25, 0.3) is 0 Å². The number of nitrogens with zero attached hydrogens (tertiary/aromatic N) is 1. The van der Waals surface area contributed by atoms with Gasteiger partial charge in [0.2, 0.25) is 0 Å². The minimum absolute atomic E-state index is 0.0163. The molecule has 1 atom stereocenters. The Hall–Kier alpha value is -0.220. The molecule has 2 rings (SSSR count). The number of likely N-dealkylation sites (tertiary alicyclic amines) is 1. The lowest BCUT2D eigenvalue weighted by Gasteiger charge is -2.28. The molecule has 86 valence electrons. The second kappa shape index (κ2) is 5.75. The first-order valence-corrected chi connectivity index (χ1v) is 6.89. The van der Waals surface area contributed by atoms with Gasteiger partial charge in [-0.15, -0.1) is 11.8 Å². The van der Waals surface area contributed by atoms with Gasteiger partial charge in [-0.3, -0.25) is 9.69 Å². The zero-order chi connectivity index (χ0) is 10.5. The number of carbonyl (C=O) groups is 1. The Morgan fingerprint density at radius 2 is 2.13 bits per heavy atom. The van der Waals surface area contributed by atoms with Crippen LogP contribution >= 0.6 is 11.8 Å². The van der Waals surface area contributed by atoms with Gasteiger partial charge in [0.15, 0.2) is 0 Å². The third kappa shape index (κ3) is 3.68. The Balaban J connectivity index is 1.65. The lowest BCUT2D eigenvalue weighted by Crippen LogP contribution is -2.31. The molecule has 0 aliphatic carbocycles. The second-order valence-electron chi connectivity index (χ2n) is 4.31. The first-order valence-electron chi connectivity index (χ1n) is 5.84. The monoisotopic (exact) mass is 229 g/mol. The smallest absolute Gasteiger partial charge is 0.306 e. The summed E-state index contributed by atoms with van der Waals surface area (Å²) in [4.78, 5) is 13.6.